The molecule has 3 aromatic rings. The SMILES string of the molecule is Cn1c2ccccc2c(=O)n1Cc1cccs1. The summed E-state index contributed by atoms with van der Waals surface area (Å²) in [6.07, 6.45) is 0. The van der Waals surface area contributed by atoms with Crippen molar-refractivity contribution in [2.24, 2.45) is 7.05 Å². The molecule has 17 heavy (non-hydrogen) atoms. The molecule has 0 bridgehead atoms. The first-order valence-corrected chi connectivity index (χ1v) is 6.32. The van der Waals surface area contributed by atoms with Crippen molar-refractivity contribution in [2.75, 3.05) is 0 Å². The van der Waals surface area contributed by atoms with Gasteiger partial charge in [0.05, 0.1) is 17.4 Å². The highest BCUT2D eigenvalue weighted by molar-refractivity contribution is 7.09. The lowest BCUT2D eigenvalue weighted by Crippen LogP contribution is -2.21. The molecule has 4 heteroatoms. The molecule has 2 heterocycles. The van der Waals surface area contributed by atoms with Gasteiger partial charge in [0.15, 0.2) is 0 Å². The van der Waals surface area contributed by atoms with E-state index in [-0.39, 0.29) is 5.56 Å². The van der Waals surface area contributed by atoms with Crippen LogP contribution in [-0.2, 0) is 13.6 Å². The van der Waals surface area contributed by atoms with Crippen LogP contribution in [0.1, 0.15) is 4.88 Å². The zero-order valence-corrected chi connectivity index (χ0v) is 10.3. The number of rotatable bonds is 2. The highest BCUT2D eigenvalue weighted by atomic mass is 32.1. The fraction of sp³-hybridized carbons (Fsp3) is 0.154. The van der Waals surface area contributed by atoms with Gasteiger partial charge in [0.1, 0.15) is 0 Å². The summed E-state index contributed by atoms with van der Waals surface area (Å²) < 4.78 is 3.70. The summed E-state index contributed by atoms with van der Waals surface area (Å²) in [6, 6.07) is 11.8. The lowest BCUT2D eigenvalue weighted by atomic mass is 10.2. The molecule has 0 aliphatic carbocycles. The molecule has 0 aliphatic rings. The Balaban J connectivity index is 2.20. The van der Waals surface area contributed by atoms with Crippen molar-refractivity contribution in [3.8, 4) is 0 Å². The van der Waals surface area contributed by atoms with Crippen molar-refractivity contribution in [1.29, 1.82) is 0 Å². The van der Waals surface area contributed by atoms with E-state index < -0.39 is 0 Å². The zero-order chi connectivity index (χ0) is 11.8. The van der Waals surface area contributed by atoms with E-state index in [0.717, 1.165) is 10.9 Å². The van der Waals surface area contributed by atoms with Crippen molar-refractivity contribution in [3.05, 3.63) is 57.0 Å². The predicted molar refractivity (Wildman–Crippen MR) is 70.6 cm³/mol. The minimum Gasteiger partial charge on any atom is -0.285 e. The van der Waals surface area contributed by atoms with Crippen molar-refractivity contribution in [2.45, 2.75) is 6.54 Å². The Morgan fingerprint density at radius 3 is 2.71 bits per heavy atom. The van der Waals surface area contributed by atoms with Crippen LogP contribution in [0.25, 0.3) is 10.9 Å². The first-order chi connectivity index (χ1) is 8.27. The Labute approximate surface area is 103 Å². The van der Waals surface area contributed by atoms with Crippen molar-refractivity contribution < 1.29 is 0 Å². The van der Waals surface area contributed by atoms with Crippen LogP contribution < -0.4 is 5.56 Å². The highest BCUT2D eigenvalue weighted by Gasteiger charge is 2.10. The van der Waals surface area contributed by atoms with Gasteiger partial charge in [-0.1, -0.05) is 18.2 Å². The summed E-state index contributed by atoms with van der Waals surface area (Å²) in [5.41, 5.74) is 1.06. The molecule has 0 atom stereocenters. The van der Waals surface area contributed by atoms with Crippen LogP contribution in [0.5, 0.6) is 0 Å². The van der Waals surface area contributed by atoms with Crippen LogP contribution in [0.3, 0.4) is 0 Å². The second-order valence-electron chi connectivity index (χ2n) is 3.98. The first kappa shape index (κ1) is 10.4. The third-order valence-electron chi connectivity index (χ3n) is 2.97. The molecular formula is C13H12N2OS. The number of para-hydroxylation sites is 1. The third-order valence-corrected chi connectivity index (χ3v) is 3.83. The molecule has 0 spiro atoms. The van der Waals surface area contributed by atoms with Crippen molar-refractivity contribution in [3.63, 3.8) is 0 Å². The number of nitrogens with zero attached hydrogens (tertiary/aromatic N) is 2. The lowest BCUT2D eigenvalue weighted by Gasteiger charge is -2.05. The van der Waals surface area contributed by atoms with Gasteiger partial charge < -0.3 is 0 Å². The Bertz CT molecular complexity index is 707. The molecular weight excluding hydrogens is 232 g/mol. The number of hydrogen-bond donors (Lipinski definition) is 0. The summed E-state index contributed by atoms with van der Waals surface area (Å²) >= 11 is 1.67. The average Bonchev–Trinajstić information content (AvgIpc) is 2.94. The average molecular weight is 244 g/mol. The van der Waals surface area contributed by atoms with Gasteiger partial charge in [-0.05, 0) is 23.6 Å². The summed E-state index contributed by atoms with van der Waals surface area (Å²) in [4.78, 5) is 13.4. The molecule has 0 unspecified atom stereocenters. The number of benzene rings is 1. The predicted octanol–water partition coefficient (Wildman–Crippen LogP) is 2.45. The standard InChI is InChI=1S/C13H12N2OS/c1-14-12-7-3-2-6-11(12)13(16)15(14)9-10-5-4-8-17-10/h2-8H,9H2,1H3. The van der Waals surface area contributed by atoms with Crippen LogP contribution in [0, 0.1) is 0 Å². The van der Waals surface area contributed by atoms with Gasteiger partial charge in [-0.15, -0.1) is 11.3 Å². The number of fused-ring (bicyclic) bond motifs is 1. The smallest absolute Gasteiger partial charge is 0.274 e. The summed E-state index contributed by atoms with van der Waals surface area (Å²) in [7, 11) is 1.93. The monoisotopic (exact) mass is 244 g/mol. The maximum atomic E-state index is 12.2. The molecule has 0 amide bonds. The van der Waals surface area contributed by atoms with E-state index in [1.54, 1.807) is 16.0 Å². The normalized spacial score (nSPS) is 11.1. The van der Waals surface area contributed by atoms with Gasteiger partial charge in [-0.2, -0.15) is 0 Å². The molecule has 3 rings (SSSR count). The zero-order valence-electron chi connectivity index (χ0n) is 9.46. The maximum absolute atomic E-state index is 12.2. The summed E-state index contributed by atoms with van der Waals surface area (Å²) in [6.45, 7) is 0.641. The van der Waals surface area contributed by atoms with Crippen molar-refractivity contribution >= 4 is 22.2 Å². The Morgan fingerprint density at radius 2 is 2.00 bits per heavy atom. The highest BCUT2D eigenvalue weighted by Crippen LogP contribution is 2.13. The van der Waals surface area contributed by atoms with Gasteiger partial charge in [0.2, 0.25) is 0 Å². The molecule has 0 radical (unpaired) electrons. The summed E-state index contributed by atoms with van der Waals surface area (Å²) in [5.74, 6) is 0. The molecule has 0 aliphatic heterocycles. The van der Waals surface area contributed by atoms with Gasteiger partial charge in [-0.25, -0.2) is 4.68 Å². The number of aromatic nitrogens is 2. The van der Waals surface area contributed by atoms with Gasteiger partial charge in [0.25, 0.3) is 5.56 Å². The Hall–Kier alpha value is -1.81. The molecule has 1 aromatic carbocycles. The van der Waals surface area contributed by atoms with Crippen LogP contribution >= 0.6 is 11.3 Å². The minimum atomic E-state index is 0.0801. The van der Waals surface area contributed by atoms with E-state index in [1.807, 2.05) is 47.4 Å². The second-order valence-corrected chi connectivity index (χ2v) is 5.02. The Morgan fingerprint density at radius 1 is 1.18 bits per heavy atom. The molecule has 0 N–H and O–H groups in total. The number of thiophene rings is 1. The summed E-state index contributed by atoms with van der Waals surface area (Å²) in [5, 5.41) is 2.81. The number of aryl methyl sites for hydroxylation is 1. The van der Waals surface area contributed by atoms with E-state index in [2.05, 4.69) is 6.07 Å². The molecule has 0 saturated heterocycles. The second kappa shape index (κ2) is 3.89. The topological polar surface area (TPSA) is 26.9 Å². The molecule has 0 saturated carbocycles. The van der Waals surface area contributed by atoms with Crippen molar-refractivity contribution in [1.82, 2.24) is 9.36 Å². The van der Waals surface area contributed by atoms with Crippen LogP contribution in [0.15, 0.2) is 46.6 Å². The van der Waals surface area contributed by atoms with E-state index in [9.17, 15) is 4.79 Å². The maximum Gasteiger partial charge on any atom is 0.274 e. The van der Waals surface area contributed by atoms with Crippen LogP contribution in [0.2, 0.25) is 0 Å². The van der Waals surface area contributed by atoms with Gasteiger partial charge in [0, 0.05) is 11.9 Å². The van der Waals surface area contributed by atoms with Crippen LogP contribution in [0.4, 0.5) is 0 Å². The number of hydrogen-bond acceptors (Lipinski definition) is 2. The molecule has 86 valence electrons. The third kappa shape index (κ3) is 1.61. The van der Waals surface area contributed by atoms with E-state index in [4.69, 9.17) is 0 Å². The largest absolute Gasteiger partial charge is 0.285 e. The van der Waals surface area contributed by atoms with E-state index in [1.165, 1.54) is 4.88 Å². The first-order valence-electron chi connectivity index (χ1n) is 5.44. The minimum absolute atomic E-state index is 0.0801. The van der Waals surface area contributed by atoms with Crippen LogP contribution in [-0.4, -0.2) is 9.36 Å². The fourth-order valence-electron chi connectivity index (χ4n) is 2.07. The molecule has 3 nitrogen and oxygen atoms in total. The Kier molecular flexibility index (Phi) is 2.37. The van der Waals surface area contributed by atoms with E-state index in [0.29, 0.717) is 6.54 Å². The van der Waals surface area contributed by atoms with Gasteiger partial charge in [-0.3, -0.25) is 9.48 Å². The molecule has 0 fully saturated rings. The van der Waals surface area contributed by atoms with Gasteiger partial charge >= 0.3 is 0 Å². The van der Waals surface area contributed by atoms with E-state index >= 15 is 0 Å². The quantitative estimate of drug-likeness (QED) is 0.680. The fourth-order valence-corrected chi connectivity index (χ4v) is 2.76. The molecule has 2 aromatic heterocycles. The lowest BCUT2D eigenvalue weighted by molar-refractivity contribution is 0.553.